The number of fused-ring (bicyclic) bond motifs is 1. The Hall–Kier alpha value is -3.25. The number of nitrogens with one attached hydrogen (secondary N) is 1. The average molecular weight is 411 g/mol. The van der Waals surface area contributed by atoms with Crippen molar-refractivity contribution in [2.75, 3.05) is 12.4 Å². The highest BCUT2D eigenvalue weighted by Gasteiger charge is 2.36. The summed E-state index contributed by atoms with van der Waals surface area (Å²) >= 11 is 6.16. The van der Waals surface area contributed by atoms with Crippen LogP contribution in [-0.2, 0) is 17.8 Å². The molecule has 29 heavy (non-hydrogen) atoms. The molecule has 2 aromatic carbocycles. The van der Waals surface area contributed by atoms with Gasteiger partial charge in [0.05, 0.1) is 18.4 Å². The molecule has 0 fully saturated rings. The van der Waals surface area contributed by atoms with Crippen molar-refractivity contribution in [1.29, 1.82) is 0 Å². The van der Waals surface area contributed by atoms with E-state index in [4.69, 9.17) is 20.8 Å². The molecule has 0 radical (unpaired) electrons. The zero-order valence-corrected chi connectivity index (χ0v) is 16.5. The lowest BCUT2D eigenvalue weighted by Gasteiger charge is -2.35. The van der Waals surface area contributed by atoms with E-state index in [9.17, 15) is 9.59 Å². The van der Waals surface area contributed by atoms with Gasteiger partial charge in [-0.25, -0.2) is 0 Å². The SMILES string of the molecule is COc1ccc(NC(=O)C2Cc3ccccc3CN2C(=O)c2ccco2)cc1Cl. The van der Waals surface area contributed by atoms with Crippen molar-refractivity contribution in [3.63, 3.8) is 0 Å². The topological polar surface area (TPSA) is 71.8 Å². The first kappa shape index (κ1) is 19.1. The summed E-state index contributed by atoms with van der Waals surface area (Å²) in [7, 11) is 1.52. The number of hydrogen-bond donors (Lipinski definition) is 1. The van der Waals surface area contributed by atoms with Gasteiger partial charge in [-0.3, -0.25) is 9.59 Å². The molecule has 0 aliphatic carbocycles. The molecule has 2 amide bonds. The van der Waals surface area contributed by atoms with E-state index in [0.717, 1.165) is 11.1 Å². The Kier molecular flexibility index (Phi) is 5.27. The van der Waals surface area contributed by atoms with E-state index in [1.165, 1.54) is 13.4 Å². The molecule has 3 aromatic rings. The van der Waals surface area contributed by atoms with Crippen molar-refractivity contribution in [3.05, 3.63) is 82.8 Å². The predicted octanol–water partition coefficient (Wildman–Crippen LogP) is 4.15. The molecule has 1 aliphatic rings. The quantitative estimate of drug-likeness (QED) is 0.701. The number of methoxy groups -OCH3 is 1. The molecule has 1 aromatic heterocycles. The highest BCUT2D eigenvalue weighted by Crippen LogP contribution is 2.29. The first-order valence-electron chi connectivity index (χ1n) is 9.12. The fourth-order valence-electron chi connectivity index (χ4n) is 3.48. The van der Waals surface area contributed by atoms with Crippen molar-refractivity contribution in [2.24, 2.45) is 0 Å². The van der Waals surface area contributed by atoms with Gasteiger partial charge in [0.25, 0.3) is 5.91 Å². The first-order valence-corrected chi connectivity index (χ1v) is 9.50. The third-order valence-corrected chi connectivity index (χ3v) is 5.26. The third-order valence-electron chi connectivity index (χ3n) is 4.96. The molecule has 0 saturated heterocycles. The third kappa shape index (κ3) is 3.84. The number of rotatable bonds is 4. The molecule has 1 unspecified atom stereocenters. The molecule has 4 rings (SSSR count). The van der Waals surface area contributed by atoms with Gasteiger partial charge in [0.1, 0.15) is 11.8 Å². The van der Waals surface area contributed by atoms with Crippen LogP contribution in [0, 0.1) is 0 Å². The number of carbonyl (C=O) groups is 2. The highest BCUT2D eigenvalue weighted by molar-refractivity contribution is 6.32. The summed E-state index contributed by atoms with van der Waals surface area (Å²) in [5.74, 6) is 0.110. The standard InChI is InChI=1S/C22H19ClN2O4/c1-28-19-9-8-16(12-17(19)23)24-21(26)18-11-14-5-2-3-6-15(14)13-25(18)22(27)20-7-4-10-29-20/h2-10,12,18H,11,13H2,1H3,(H,24,26). The van der Waals surface area contributed by atoms with Crippen LogP contribution in [0.1, 0.15) is 21.7 Å². The van der Waals surface area contributed by atoms with Gasteiger partial charge in [-0.1, -0.05) is 35.9 Å². The number of nitrogens with zero attached hydrogens (tertiary/aromatic N) is 1. The van der Waals surface area contributed by atoms with Crippen molar-refractivity contribution < 1.29 is 18.7 Å². The number of ether oxygens (including phenoxy) is 1. The number of benzene rings is 2. The number of carbonyl (C=O) groups excluding carboxylic acids is 2. The van der Waals surface area contributed by atoms with Gasteiger partial charge in [-0.2, -0.15) is 0 Å². The van der Waals surface area contributed by atoms with Crippen LogP contribution in [0.3, 0.4) is 0 Å². The lowest BCUT2D eigenvalue weighted by Crippen LogP contribution is -2.50. The number of halogens is 1. The monoisotopic (exact) mass is 410 g/mol. The van der Waals surface area contributed by atoms with Crippen LogP contribution >= 0.6 is 11.6 Å². The van der Waals surface area contributed by atoms with Gasteiger partial charge in [-0.15, -0.1) is 0 Å². The minimum atomic E-state index is -0.677. The van der Waals surface area contributed by atoms with Gasteiger partial charge in [-0.05, 0) is 41.5 Å². The van der Waals surface area contributed by atoms with E-state index in [1.807, 2.05) is 24.3 Å². The number of anilines is 1. The molecule has 7 heteroatoms. The van der Waals surface area contributed by atoms with Crippen LogP contribution in [0.25, 0.3) is 0 Å². The summed E-state index contributed by atoms with van der Waals surface area (Å²) in [6.07, 6.45) is 1.86. The maximum Gasteiger partial charge on any atom is 0.290 e. The summed E-state index contributed by atoms with van der Waals surface area (Å²) in [5, 5.41) is 3.25. The summed E-state index contributed by atoms with van der Waals surface area (Å²) in [6, 6.07) is 15.4. The second kappa shape index (κ2) is 8.01. The fraction of sp³-hybridized carbons (Fsp3) is 0.182. The largest absolute Gasteiger partial charge is 0.495 e. The first-order chi connectivity index (χ1) is 14.1. The second-order valence-corrected chi connectivity index (χ2v) is 7.14. The molecular weight excluding hydrogens is 392 g/mol. The van der Waals surface area contributed by atoms with Crippen LogP contribution in [0.5, 0.6) is 5.75 Å². The zero-order valence-electron chi connectivity index (χ0n) is 15.7. The van der Waals surface area contributed by atoms with Crippen molar-refractivity contribution in [3.8, 4) is 5.75 Å². The summed E-state index contributed by atoms with van der Waals surface area (Å²) in [5.41, 5.74) is 2.60. The molecule has 1 aliphatic heterocycles. The summed E-state index contributed by atoms with van der Waals surface area (Å²) in [6.45, 7) is 0.331. The molecule has 1 atom stereocenters. The Balaban J connectivity index is 1.62. The van der Waals surface area contributed by atoms with Crippen LogP contribution in [0.4, 0.5) is 5.69 Å². The minimum absolute atomic E-state index is 0.203. The molecule has 0 bridgehead atoms. The lowest BCUT2D eigenvalue weighted by atomic mass is 9.93. The fourth-order valence-corrected chi connectivity index (χ4v) is 3.74. The summed E-state index contributed by atoms with van der Waals surface area (Å²) < 4.78 is 10.4. The van der Waals surface area contributed by atoms with Crippen molar-refractivity contribution >= 4 is 29.1 Å². The van der Waals surface area contributed by atoms with Crippen molar-refractivity contribution in [2.45, 2.75) is 19.0 Å². The van der Waals surface area contributed by atoms with E-state index < -0.39 is 6.04 Å². The van der Waals surface area contributed by atoms with Gasteiger partial charge in [0.15, 0.2) is 5.76 Å². The number of furan rings is 1. The number of hydrogen-bond acceptors (Lipinski definition) is 4. The second-order valence-electron chi connectivity index (χ2n) is 6.74. The van der Waals surface area contributed by atoms with Crippen LogP contribution in [0.15, 0.2) is 65.3 Å². The van der Waals surface area contributed by atoms with Gasteiger partial charge in [0.2, 0.25) is 5.91 Å². The van der Waals surface area contributed by atoms with Gasteiger partial charge in [0, 0.05) is 18.7 Å². The van der Waals surface area contributed by atoms with E-state index >= 15 is 0 Å². The van der Waals surface area contributed by atoms with Crippen LogP contribution in [-0.4, -0.2) is 29.9 Å². The maximum atomic E-state index is 13.1. The van der Waals surface area contributed by atoms with E-state index in [-0.39, 0.29) is 17.6 Å². The molecule has 0 spiro atoms. The zero-order chi connectivity index (χ0) is 20.4. The van der Waals surface area contributed by atoms with E-state index in [0.29, 0.717) is 29.4 Å². The molecule has 6 nitrogen and oxygen atoms in total. The predicted molar refractivity (Wildman–Crippen MR) is 109 cm³/mol. The Labute approximate surface area is 173 Å². The minimum Gasteiger partial charge on any atom is -0.495 e. The van der Waals surface area contributed by atoms with E-state index in [2.05, 4.69) is 5.32 Å². The van der Waals surface area contributed by atoms with Crippen LogP contribution in [0.2, 0.25) is 5.02 Å². The maximum absolute atomic E-state index is 13.1. The Morgan fingerprint density at radius 2 is 1.93 bits per heavy atom. The van der Waals surface area contributed by atoms with Crippen molar-refractivity contribution in [1.82, 2.24) is 4.90 Å². The highest BCUT2D eigenvalue weighted by atomic mass is 35.5. The van der Waals surface area contributed by atoms with Crippen LogP contribution < -0.4 is 10.1 Å². The van der Waals surface area contributed by atoms with Gasteiger partial charge < -0.3 is 19.4 Å². The molecular formula is C22H19ClN2O4. The summed E-state index contributed by atoms with van der Waals surface area (Å²) in [4.78, 5) is 27.7. The Bertz CT molecular complexity index is 1050. The number of amides is 2. The Morgan fingerprint density at radius 1 is 1.14 bits per heavy atom. The average Bonchev–Trinajstić information content (AvgIpc) is 3.27. The molecule has 0 saturated carbocycles. The molecule has 148 valence electrons. The molecule has 2 heterocycles. The van der Waals surface area contributed by atoms with Gasteiger partial charge >= 0.3 is 0 Å². The smallest absolute Gasteiger partial charge is 0.290 e. The lowest BCUT2D eigenvalue weighted by molar-refractivity contribution is -0.121. The molecule has 1 N–H and O–H groups in total. The Morgan fingerprint density at radius 3 is 2.62 bits per heavy atom. The normalized spacial score (nSPS) is 15.5. The van der Waals surface area contributed by atoms with E-state index in [1.54, 1.807) is 35.2 Å².